The Hall–Kier alpha value is -3.41. The molecule has 3 aromatic rings. The van der Waals surface area contributed by atoms with Crippen LogP contribution < -0.4 is 10.6 Å². The molecule has 6 heteroatoms. The van der Waals surface area contributed by atoms with Crippen molar-refractivity contribution < 1.29 is 9.53 Å². The van der Waals surface area contributed by atoms with E-state index in [1.165, 1.54) is 6.20 Å². The minimum Gasteiger partial charge on any atom is -0.462 e. The number of aromatic nitrogens is 2. The van der Waals surface area contributed by atoms with Crippen LogP contribution in [0, 0.1) is 0 Å². The number of ether oxygens (including phenoxy) is 1. The molecule has 0 saturated carbocycles. The van der Waals surface area contributed by atoms with Crippen molar-refractivity contribution in [2.24, 2.45) is 0 Å². The van der Waals surface area contributed by atoms with Gasteiger partial charge in [0.2, 0.25) is 5.95 Å². The predicted molar refractivity (Wildman–Crippen MR) is 97.4 cm³/mol. The molecule has 0 aliphatic carbocycles. The molecule has 0 atom stereocenters. The molecule has 25 heavy (non-hydrogen) atoms. The van der Waals surface area contributed by atoms with Gasteiger partial charge in [-0.1, -0.05) is 36.4 Å². The molecule has 2 N–H and O–H groups in total. The molecule has 1 heterocycles. The van der Waals surface area contributed by atoms with Gasteiger partial charge in [0.15, 0.2) is 5.82 Å². The number of benzene rings is 2. The van der Waals surface area contributed by atoms with Crippen LogP contribution in [0.4, 0.5) is 23.1 Å². The van der Waals surface area contributed by atoms with Gasteiger partial charge in [-0.2, -0.15) is 4.98 Å². The molecular weight excluding hydrogens is 316 g/mol. The normalized spacial score (nSPS) is 10.1. The summed E-state index contributed by atoms with van der Waals surface area (Å²) in [6.07, 6.45) is 1.46. The number of esters is 1. The van der Waals surface area contributed by atoms with Gasteiger partial charge < -0.3 is 15.4 Å². The number of anilines is 4. The summed E-state index contributed by atoms with van der Waals surface area (Å²) < 4.78 is 5.09. The van der Waals surface area contributed by atoms with E-state index in [4.69, 9.17) is 4.74 Å². The molecule has 0 amide bonds. The van der Waals surface area contributed by atoms with Gasteiger partial charge in [-0.25, -0.2) is 9.78 Å². The van der Waals surface area contributed by atoms with Crippen molar-refractivity contribution in [3.8, 4) is 0 Å². The molecule has 0 aliphatic rings. The molecule has 6 nitrogen and oxygen atoms in total. The number of carbonyl (C=O) groups is 1. The Morgan fingerprint density at radius 3 is 2.16 bits per heavy atom. The van der Waals surface area contributed by atoms with Crippen LogP contribution in [-0.4, -0.2) is 22.5 Å². The lowest BCUT2D eigenvalue weighted by atomic mass is 10.2. The zero-order valence-corrected chi connectivity index (χ0v) is 13.8. The number of carbonyl (C=O) groups excluding carboxylic acids is 1. The van der Waals surface area contributed by atoms with Gasteiger partial charge in [0.25, 0.3) is 0 Å². The highest BCUT2D eigenvalue weighted by Gasteiger charge is 2.16. The van der Waals surface area contributed by atoms with Gasteiger partial charge in [-0.3, -0.25) is 0 Å². The third-order valence-electron chi connectivity index (χ3n) is 3.35. The first-order valence-electron chi connectivity index (χ1n) is 7.94. The monoisotopic (exact) mass is 334 g/mol. The lowest BCUT2D eigenvalue weighted by Gasteiger charge is -2.12. The Kier molecular flexibility index (Phi) is 5.21. The van der Waals surface area contributed by atoms with Crippen molar-refractivity contribution in [3.05, 3.63) is 72.4 Å². The van der Waals surface area contributed by atoms with E-state index in [2.05, 4.69) is 20.6 Å². The minimum atomic E-state index is -0.466. The highest BCUT2D eigenvalue weighted by atomic mass is 16.5. The van der Waals surface area contributed by atoms with Gasteiger partial charge in [-0.15, -0.1) is 0 Å². The van der Waals surface area contributed by atoms with Gasteiger partial charge in [0, 0.05) is 17.6 Å². The van der Waals surface area contributed by atoms with Crippen LogP contribution in [0.15, 0.2) is 66.9 Å². The fraction of sp³-hybridized carbons (Fsp3) is 0.105. The molecule has 3 rings (SSSR count). The molecule has 0 saturated heterocycles. The topological polar surface area (TPSA) is 76.1 Å². The summed E-state index contributed by atoms with van der Waals surface area (Å²) in [4.78, 5) is 20.8. The maximum absolute atomic E-state index is 12.2. The number of nitrogens with zero attached hydrogens (tertiary/aromatic N) is 2. The van der Waals surface area contributed by atoms with E-state index in [9.17, 15) is 4.79 Å². The molecule has 2 aromatic carbocycles. The Balaban J connectivity index is 1.92. The van der Waals surface area contributed by atoms with Gasteiger partial charge in [0.05, 0.1) is 6.61 Å². The minimum absolute atomic E-state index is 0.282. The quantitative estimate of drug-likeness (QED) is 0.660. The largest absolute Gasteiger partial charge is 0.462 e. The average molecular weight is 334 g/mol. The highest BCUT2D eigenvalue weighted by Crippen LogP contribution is 2.22. The van der Waals surface area contributed by atoms with Crippen molar-refractivity contribution in [2.45, 2.75) is 6.92 Å². The molecule has 0 bridgehead atoms. The molecule has 0 spiro atoms. The molecule has 1 aromatic heterocycles. The van der Waals surface area contributed by atoms with Gasteiger partial charge >= 0.3 is 5.97 Å². The molecule has 0 aliphatic heterocycles. The van der Waals surface area contributed by atoms with Crippen LogP contribution >= 0.6 is 0 Å². The average Bonchev–Trinajstić information content (AvgIpc) is 2.64. The second-order valence-electron chi connectivity index (χ2n) is 5.16. The number of hydrogen-bond acceptors (Lipinski definition) is 6. The lowest BCUT2D eigenvalue weighted by Crippen LogP contribution is -2.11. The number of hydrogen-bond donors (Lipinski definition) is 2. The Labute approximate surface area is 145 Å². The second-order valence-corrected chi connectivity index (χ2v) is 5.16. The van der Waals surface area contributed by atoms with E-state index in [1.807, 2.05) is 60.7 Å². The molecule has 0 fully saturated rings. The lowest BCUT2D eigenvalue weighted by molar-refractivity contribution is 0.0526. The van der Waals surface area contributed by atoms with Crippen LogP contribution in [-0.2, 0) is 4.74 Å². The predicted octanol–water partition coefficient (Wildman–Crippen LogP) is 4.14. The summed E-state index contributed by atoms with van der Waals surface area (Å²) in [7, 11) is 0. The molecule has 0 radical (unpaired) electrons. The SMILES string of the molecule is CCOC(=O)c1cnc(Nc2ccccc2)nc1Nc1ccccc1. The number of para-hydroxylation sites is 2. The maximum atomic E-state index is 12.2. The summed E-state index contributed by atoms with van der Waals surface area (Å²) in [6, 6.07) is 19.1. The zero-order valence-electron chi connectivity index (χ0n) is 13.8. The van der Waals surface area contributed by atoms with E-state index in [0.29, 0.717) is 11.8 Å². The van der Waals surface area contributed by atoms with Crippen molar-refractivity contribution in [1.82, 2.24) is 9.97 Å². The van der Waals surface area contributed by atoms with E-state index in [0.717, 1.165) is 11.4 Å². The molecule has 0 unspecified atom stereocenters. The maximum Gasteiger partial charge on any atom is 0.343 e. The van der Waals surface area contributed by atoms with Crippen LogP contribution in [0.3, 0.4) is 0 Å². The van der Waals surface area contributed by atoms with Gasteiger partial charge in [-0.05, 0) is 31.2 Å². The van der Waals surface area contributed by atoms with Crippen LogP contribution in [0.25, 0.3) is 0 Å². The fourth-order valence-corrected chi connectivity index (χ4v) is 2.20. The smallest absolute Gasteiger partial charge is 0.343 e. The van der Waals surface area contributed by atoms with E-state index < -0.39 is 5.97 Å². The second kappa shape index (κ2) is 7.92. The molecular formula is C19H18N4O2. The number of nitrogens with one attached hydrogen (secondary N) is 2. The summed E-state index contributed by atoms with van der Waals surface area (Å²) >= 11 is 0. The first kappa shape index (κ1) is 16.4. The van der Waals surface area contributed by atoms with Crippen molar-refractivity contribution in [3.63, 3.8) is 0 Å². The van der Waals surface area contributed by atoms with Crippen LogP contribution in [0.5, 0.6) is 0 Å². The van der Waals surface area contributed by atoms with Crippen molar-refractivity contribution in [2.75, 3.05) is 17.2 Å². The summed E-state index contributed by atoms with van der Waals surface area (Å²) in [5, 5.41) is 6.26. The van der Waals surface area contributed by atoms with Crippen LogP contribution in [0.2, 0.25) is 0 Å². The third kappa shape index (κ3) is 4.32. The highest BCUT2D eigenvalue weighted by molar-refractivity contribution is 5.95. The fourth-order valence-electron chi connectivity index (χ4n) is 2.20. The van der Waals surface area contributed by atoms with E-state index in [1.54, 1.807) is 6.92 Å². The Morgan fingerprint density at radius 2 is 1.56 bits per heavy atom. The number of rotatable bonds is 6. The Morgan fingerprint density at radius 1 is 0.960 bits per heavy atom. The van der Waals surface area contributed by atoms with Crippen molar-refractivity contribution >= 4 is 29.1 Å². The van der Waals surface area contributed by atoms with E-state index in [-0.39, 0.29) is 12.2 Å². The Bertz CT molecular complexity index is 839. The zero-order chi connectivity index (χ0) is 17.5. The summed E-state index contributed by atoms with van der Waals surface area (Å²) in [6.45, 7) is 2.04. The summed E-state index contributed by atoms with van der Waals surface area (Å²) in [5.41, 5.74) is 1.96. The standard InChI is InChI=1S/C19H18N4O2/c1-2-25-18(24)16-13-20-19(22-15-11-7-4-8-12-15)23-17(16)21-14-9-5-3-6-10-14/h3-13H,2H2,1H3,(H2,20,21,22,23). The first-order chi connectivity index (χ1) is 12.3. The van der Waals surface area contributed by atoms with Crippen molar-refractivity contribution in [1.29, 1.82) is 0 Å². The first-order valence-corrected chi connectivity index (χ1v) is 7.94. The summed E-state index contributed by atoms with van der Waals surface area (Å²) in [5.74, 6) is 0.308. The van der Waals surface area contributed by atoms with Gasteiger partial charge in [0.1, 0.15) is 5.56 Å². The third-order valence-corrected chi connectivity index (χ3v) is 3.35. The van der Waals surface area contributed by atoms with E-state index >= 15 is 0 Å². The van der Waals surface area contributed by atoms with Crippen LogP contribution in [0.1, 0.15) is 17.3 Å². The molecule has 126 valence electrons.